The molecule has 2 atom stereocenters. The van der Waals surface area contributed by atoms with Crippen molar-refractivity contribution in [3.05, 3.63) is 29.6 Å². The van der Waals surface area contributed by atoms with Crippen LogP contribution >= 0.6 is 0 Å². The molecule has 2 N–H and O–H groups in total. The lowest BCUT2D eigenvalue weighted by Gasteiger charge is -2.31. The van der Waals surface area contributed by atoms with Gasteiger partial charge in [-0.25, -0.2) is 0 Å². The molecule has 0 aliphatic heterocycles. The first-order chi connectivity index (χ1) is 8.58. The Bertz CT molecular complexity index is 351. The number of rotatable bonds is 7. The third-order valence-electron chi connectivity index (χ3n) is 3.57. The molecule has 2 unspecified atom stereocenters. The predicted octanol–water partition coefficient (Wildman–Crippen LogP) is 2.59. The maximum Gasteiger partial charge on any atom is 0.0547 e. The molecule has 1 aromatic heterocycles. The normalized spacial score (nSPS) is 14.8. The maximum atomic E-state index is 5.93. The number of nitrogens with two attached hydrogens (primary N) is 1. The van der Waals surface area contributed by atoms with E-state index in [1.807, 2.05) is 13.0 Å². The highest BCUT2D eigenvalue weighted by Gasteiger charge is 2.20. The summed E-state index contributed by atoms with van der Waals surface area (Å²) in [7, 11) is 2.15. The molecule has 3 nitrogen and oxygen atoms in total. The molecule has 0 aromatic carbocycles. The van der Waals surface area contributed by atoms with Crippen LogP contribution in [-0.4, -0.2) is 29.5 Å². The van der Waals surface area contributed by atoms with Crippen LogP contribution in [0.4, 0.5) is 0 Å². The molecule has 0 aliphatic carbocycles. The first-order valence-electron chi connectivity index (χ1n) is 6.91. The highest BCUT2D eigenvalue weighted by atomic mass is 15.1. The van der Waals surface area contributed by atoms with Gasteiger partial charge in [0.05, 0.1) is 5.69 Å². The Hall–Kier alpha value is -0.930. The van der Waals surface area contributed by atoms with Crippen LogP contribution in [0.2, 0.25) is 0 Å². The third kappa shape index (κ3) is 4.39. The SMILES string of the molecule is CCCC(C)C(CN)N(C)Cc1cccc(C)n1. The molecule has 3 heteroatoms. The number of hydrogen-bond acceptors (Lipinski definition) is 3. The van der Waals surface area contributed by atoms with Gasteiger partial charge in [0.25, 0.3) is 0 Å². The quantitative estimate of drug-likeness (QED) is 0.807. The van der Waals surface area contributed by atoms with Crippen LogP contribution in [-0.2, 0) is 6.54 Å². The van der Waals surface area contributed by atoms with Crippen LogP contribution in [0, 0.1) is 12.8 Å². The Balaban J connectivity index is 2.64. The molecular weight excluding hydrogens is 222 g/mol. The van der Waals surface area contributed by atoms with Gasteiger partial charge in [0, 0.05) is 24.8 Å². The highest BCUT2D eigenvalue weighted by Crippen LogP contribution is 2.16. The Morgan fingerprint density at radius 3 is 2.67 bits per heavy atom. The van der Waals surface area contributed by atoms with Crippen LogP contribution in [0.15, 0.2) is 18.2 Å². The van der Waals surface area contributed by atoms with E-state index < -0.39 is 0 Å². The van der Waals surface area contributed by atoms with E-state index in [-0.39, 0.29) is 0 Å². The maximum absolute atomic E-state index is 5.93. The molecule has 102 valence electrons. The zero-order chi connectivity index (χ0) is 13.5. The summed E-state index contributed by atoms with van der Waals surface area (Å²) in [6, 6.07) is 6.62. The summed E-state index contributed by atoms with van der Waals surface area (Å²) in [6.45, 7) is 8.14. The van der Waals surface area contributed by atoms with Crippen molar-refractivity contribution in [3.8, 4) is 0 Å². The topological polar surface area (TPSA) is 42.1 Å². The minimum absolute atomic E-state index is 0.437. The van der Waals surface area contributed by atoms with Crippen molar-refractivity contribution in [2.75, 3.05) is 13.6 Å². The van der Waals surface area contributed by atoms with Gasteiger partial charge in [-0.1, -0.05) is 26.3 Å². The number of pyridine rings is 1. The first-order valence-corrected chi connectivity index (χ1v) is 6.91. The molecular formula is C15H27N3. The fourth-order valence-electron chi connectivity index (χ4n) is 2.55. The van der Waals surface area contributed by atoms with E-state index >= 15 is 0 Å². The summed E-state index contributed by atoms with van der Waals surface area (Å²) < 4.78 is 0. The summed E-state index contributed by atoms with van der Waals surface area (Å²) in [6.07, 6.45) is 2.45. The van der Waals surface area contributed by atoms with Crippen molar-refractivity contribution in [3.63, 3.8) is 0 Å². The Kier molecular flexibility index (Phi) is 6.30. The highest BCUT2D eigenvalue weighted by molar-refractivity contribution is 5.09. The molecule has 0 radical (unpaired) electrons. The second-order valence-corrected chi connectivity index (χ2v) is 5.25. The molecule has 0 amide bonds. The molecule has 1 heterocycles. The van der Waals surface area contributed by atoms with E-state index in [0.717, 1.165) is 17.9 Å². The fourth-order valence-corrected chi connectivity index (χ4v) is 2.55. The van der Waals surface area contributed by atoms with Crippen LogP contribution in [0.1, 0.15) is 38.1 Å². The number of likely N-dealkylation sites (N-methyl/N-ethyl adjacent to an activating group) is 1. The lowest BCUT2D eigenvalue weighted by Crippen LogP contribution is -2.42. The summed E-state index contributed by atoms with van der Waals surface area (Å²) in [5.74, 6) is 0.634. The van der Waals surface area contributed by atoms with Crippen molar-refractivity contribution in [2.45, 2.75) is 46.2 Å². The zero-order valence-corrected chi connectivity index (χ0v) is 12.2. The Morgan fingerprint density at radius 2 is 2.11 bits per heavy atom. The van der Waals surface area contributed by atoms with Gasteiger partial charge in [0.1, 0.15) is 0 Å². The van der Waals surface area contributed by atoms with Gasteiger partial charge in [0.2, 0.25) is 0 Å². The molecule has 0 aliphatic rings. The lowest BCUT2D eigenvalue weighted by atomic mass is 9.95. The largest absolute Gasteiger partial charge is 0.329 e. The number of nitrogens with zero attached hydrogens (tertiary/aromatic N) is 2. The van der Waals surface area contributed by atoms with Gasteiger partial charge in [-0.2, -0.15) is 0 Å². The molecule has 18 heavy (non-hydrogen) atoms. The van der Waals surface area contributed by atoms with Crippen molar-refractivity contribution in [1.82, 2.24) is 9.88 Å². The lowest BCUT2D eigenvalue weighted by molar-refractivity contribution is 0.173. The van der Waals surface area contributed by atoms with Crippen LogP contribution < -0.4 is 5.73 Å². The van der Waals surface area contributed by atoms with Gasteiger partial charge in [-0.05, 0) is 38.4 Å². The molecule has 0 fully saturated rings. The van der Waals surface area contributed by atoms with Gasteiger partial charge in [-0.3, -0.25) is 9.88 Å². The molecule has 1 rings (SSSR count). The number of hydrogen-bond donors (Lipinski definition) is 1. The monoisotopic (exact) mass is 249 g/mol. The van der Waals surface area contributed by atoms with Crippen molar-refractivity contribution in [1.29, 1.82) is 0 Å². The molecule has 0 bridgehead atoms. The first kappa shape index (κ1) is 15.1. The van der Waals surface area contributed by atoms with E-state index in [1.165, 1.54) is 12.8 Å². The average Bonchev–Trinajstić information content (AvgIpc) is 2.30. The number of aromatic nitrogens is 1. The van der Waals surface area contributed by atoms with Gasteiger partial charge in [-0.15, -0.1) is 0 Å². The minimum Gasteiger partial charge on any atom is -0.329 e. The molecule has 0 saturated heterocycles. The second kappa shape index (κ2) is 7.49. The summed E-state index contributed by atoms with van der Waals surface area (Å²) in [5, 5.41) is 0. The van der Waals surface area contributed by atoms with E-state index in [4.69, 9.17) is 5.73 Å². The molecule has 0 saturated carbocycles. The summed E-state index contributed by atoms with van der Waals surface area (Å²) >= 11 is 0. The van der Waals surface area contributed by atoms with E-state index in [1.54, 1.807) is 0 Å². The zero-order valence-electron chi connectivity index (χ0n) is 12.2. The number of aryl methyl sites for hydroxylation is 1. The van der Waals surface area contributed by atoms with Crippen molar-refractivity contribution >= 4 is 0 Å². The van der Waals surface area contributed by atoms with Gasteiger partial charge in [0.15, 0.2) is 0 Å². The van der Waals surface area contributed by atoms with E-state index in [9.17, 15) is 0 Å². The standard InChI is InChI=1S/C15H27N3/c1-5-7-12(2)15(10-16)18(4)11-14-9-6-8-13(3)17-14/h6,8-9,12,15H,5,7,10-11,16H2,1-4H3. The van der Waals surface area contributed by atoms with E-state index in [2.05, 4.69) is 42.9 Å². The summed E-state index contributed by atoms with van der Waals surface area (Å²) in [4.78, 5) is 6.89. The average molecular weight is 249 g/mol. The smallest absolute Gasteiger partial charge is 0.0547 e. The Labute approximate surface area is 111 Å². The third-order valence-corrected chi connectivity index (χ3v) is 3.57. The van der Waals surface area contributed by atoms with Gasteiger partial charge >= 0.3 is 0 Å². The fraction of sp³-hybridized carbons (Fsp3) is 0.667. The van der Waals surface area contributed by atoms with Crippen molar-refractivity contribution in [2.24, 2.45) is 11.7 Å². The van der Waals surface area contributed by atoms with Gasteiger partial charge < -0.3 is 5.73 Å². The minimum atomic E-state index is 0.437. The summed E-state index contributed by atoms with van der Waals surface area (Å²) in [5.41, 5.74) is 8.13. The molecule has 0 spiro atoms. The van der Waals surface area contributed by atoms with Crippen LogP contribution in [0.5, 0.6) is 0 Å². The van der Waals surface area contributed by atoms with Crippen molar-refractivity contribution < 1.29 is 0 Å². The van der Waals surface area contributed by atoms with Crippen LogP contribution in [0.3, 0.4) is 0 Å². The van der Waals surface area contributed by atoms with E-state index in [0.29, 0.717) is 18.5 Å². The second-order valence-electron chi connectivity index (χ2n) is 5.25. The molecule has 1 aromatic rings. The Morgan fingerprint density at radius 1 is 1.39 bits per heavy atom. The van der Waals surface area contributed by atoms with Crippen LogP contribution in [0.25, 0.3) is 0 Å². The predicted molar refractivity (Wildman–Crippen MR) is 77.4 cm³/mol.